The van der Waals surface area contributed by atoms with E-state index in [9.17, 15) is 9.59 Å². The van der Waals surface area contributed by atoms with Crippen LogP contribution in [-0.4, -0.2) is 42.4 Å². The van der Waals surface area contributed by atoms with Gasteiger partial charge in [0.25, 0.3) is 0 Å². The SMILES string of the molecule is CO[C@@H]1CCC[C@H]1NC(=O)NC(C)(C)CC(=O)OC(C)(C)C. The lowest BCUT2D eigenvalue weighted by atomic mass is 10.0. The van der Waals surface area contributed by atoms with Gasteiger partial charge < -0.3 is 20.1 Å². The topological polar surface area (TPSA) is 76.7 Å². The van der Waals surface area contributed by atoms with Crippen LogP contribution in [0.25, 0.3) is 0 Å². The lowest BCUT2D eigenvalue weighted by Crippen LogP contribution is -2.53. The number of carbonyl (C=O) groups excluding carboxylic acids is 2. The van der Waals surface area contributed by atoms with Gasteiger partial charge in [0.05, 0.1) is 18.6 Å². The number of urea groups is 1. The van der Waals surface area contributed by atoms with Crippen molar-refractivity contribution in [2.24, 2.45) is 0 Å². The Balaban J connectivity index is 2.46. The van der Waals surface area contributed by atoms with Gasteiger partial charge in [-0.1, -0.05) is 0 Å². The minimum atomic E-state index is -0.673. The molecule has 0 heterocycles. The number of carbonyl (C=O) groups is 2. The summed E-state index contributed by atoms with van der Waals surface area (Å²) in [6.45, 7) is 9.08. The highest BCUT2D eigenvalue weighted by Gasteiger charge is 2.31. The summed E-state index contributed by atoms with van der Waals surface area (Å²) in [5, 5.41) is 5.77. The smallest absolute Gasteiger partial charge is 0.315 e. The van der Waals surface area contributed by atoms with E-state index >= 15 is 0 Å². The summed E-state index contributed by atoms with van der Waals surface area (Å²) < 4.78 is 10.6. The number of nitrogens with one attached hydrogen (secondary N) is 2. The van der Waals surface area contributed by atoms with Crippen molar-refractivity contribution < 1.29 is 19.1 Å². The van der Waals surface area contributed by atoms with Crippen LogP contribution in [-0.2, 0) is 14.3 Å². The largest absolute Gasteiger partial charge is 0.460 e. The van der Waals surface area contributed by atoms with Crippen LogP contribution in [0.5, 0.6) is 0 Å². The third kappa shape index (κ3) is 6.64. The van der Waals surface area contributed by atoms with Crippen molar-refractivity contribution in [2.75, 3.05) is 7.11 Å². The number of amides is 2. The van der Waals surface area contributed by atoms with Crippen molar-refractivity contribution >= 4 is 12.0 Å². The van der Waals surface area contributed by atoms with Gasteiger partial charge in [0.1, 0.15) is 5.60 Å². The lowest BCUT2D eigenvalue weighted by Gasteiger charge is -2.29. The Morgan fingerprint density at radius 3 is 2.32 bits per heavy atom. The van der Waals surface area contributed by atoms with Gasteiger partial charge in [0.15, 0.2) is 0 Å². The van der Waals surface area contributed by atoms with E-state index < -0.39 is 11.1 Å². The first-order chi connectivity index (χ1) is 10.0. The molecule has 6 nitrogen and oxygen atoms in total. The number of esters is 1. The molecule has 0 aromatic rings. The van der Waals surface area contributed by atoms with Crippen molar-refractivity contribution in [1.82, 2.24) is 10.6 Å². The predicted molar refractivity (Wildman–Crippen MR) is 84.6 cm³/mol. The molecular formula is C16H30N2O4. The average molecular weight is 314 g/mol. The number of methoxy groups -OCH3 is 1. The highest BCUT2D eigenvalue weighted by molar-refractivity contribution is 5.77. The normalized spacial score (nSPS) is 22.3. The number of rotatable bonds is 5. The predicted octanol–water partition coefficient (Wildman–Crippen LogP) is 2.36. The molecule has 0 bridgehead atoms. The summed E-state index contributed by atoms with van der Waals surface area (Å²) in [5.41, 5.74) is -1.20. The van der Waals surface area contributed by atoms with Gasteiger partial charge in [0.2, 0.25) is 0 Å². The Morgan fingerprint density at radius 1 is 1.14 bits per heavy atom. The molecule has 1 aliphatic rings. The molecule has 0 unspecified atom stereocenters. The summed E-state index contributed by atoms with van der Waals surface area (Å²) in [7, 11) is 1.66. The van der Waals surface area contributed by atoms with Crippen LogP contribution in [0.3, 0.4) is 0 Å². The first kappa shape index (κ1) is 18.7. The van der Waals surface area contributed by atoms with Crippen LogP contribution >= 0.6 is 0 Å². The number of ether oxygens (including phenoxy) is 2. The van der Waals surface area contributed by atoms with Gasteiger partial charge in [-0.3, -0.25) is 4.79 Å². The Morgan fingerprint density at radius 2 is 1.77 bits per heavy atom. The highest BCUT2D eigenvalue weighted by atomic mass is 16.6. The average Bonchev–Trinajstić information content (AvgIpc) is 2.71. The molecule has 1 saturated carbocycles. The van der Waals surface area contributed by atoms with E-state index in [1.54, 1.807) is 21.0 Å². The Kier molecular flexibility index (Phi) is 6.23. The molecule has 0 aliphatic heterocycles. The minimum absolute atomic E-state index is 0.0299. The maximum atomic E-state index is 12.1. The summed E-state index contributed by atoms with van der Waals surface area (Å²) in [5.74, 6) is -0.326. The number of hydrogen-bond acceptors (Lipinski definition) is 4. The van der Waals surface area contributed by atoms with Gasteiger partial charge in [-0.05, 0) is 53.9 Å². The highest BCUT2D eigenvalue weighted by Crippen LogP contribution is 2.21. The van der Waals surface area contributed by atoms with E-state index in [4.69, 9.17) is 9.47 Å². The van der Waals surface area contributed by atoms with Crippen molar-refractivity contribution in [3.63, 3.8) is 0 Å². The maximum Gasteiger partial charge on any atom is 0.315 e. The zero-order valence-corrected chi connectivity index (χ0v) is 14.6. The standard InChI is InChI=1S/C16H30N2O4/c1-15(2,3)22-13(19)10-16(4,5)18-14(20)17-11-8-7-9-12(11)21-6/h11-12H,7-10H2,1-6H3,(H2,17,18,20)/t11-,12-/m1/s1. The quantitative estimate of drug-likeness (QED) is 0.764. The molecule has 128 valence electrons. The van der Waals surface area contributed by atoms with Gasteiger partial charge in [-0.15, -0.1) is 0 Å². The Labute approximate surface area is 133 Å². The van der Waals surface area contributed by atoms with E-state index in [0.29, 0.717) is 0 Å². The Bertz CT molecular complexity index is 401. The summed E-state index contributed by atoms with van der Waals surface area (Å²) in [6, 6.07) is -0.246. The van der Waals surface area contributed by atoms with Crippen molar-refractivity contribution in [3.8, 4) is 0 Å². The first-order valence-electron chi connectivity index (χ1n) is 7.86. The van der Waals surface area contributed by atoms with Gasteiger partial charge in [0, 0.05) is 12.6 Å². The summed E-state index contributed by atoms with van der Waals surface area (Å²) >= 11 is 0. The molecule has 0 saturated heterocycles. The van der Waals surface area contributed by atoms with E-state index in [2.05, 4.69) is 10.6 Å². The van der Waals surface area contributed by atoms with Crippen LogP contribution in [0.1, 0.15) is 60.3 Å². The maximum absolute atomic E-state index is 12.1. The van der Waals surface area contributed by atoms with E-state index in [1.165, 1.54) is 0 Å². The second-order valence-corrected chi connectivity index (χ2v) is 7.56. The molecule has 0 aromatic heterocycles. The second-order valence-electron chi connectivity index (χ2n) is 7.56. The fourth-order valence-electron chi connectivity index (χ4n) is 2.67. The molecule has 22 heavy (non-hydrogen) atoms. The fraction of sp³-hybridized carbons (Fsp3) is 0.875. The zero-order valence-electron chi connectivity index (χ0n) is 14.6. The summed E-state index contributed by atoms with van der Waals surface area (Å²) in [6.07, 6.45) is 3.11. The molecule has 1 fully saturated rings. The van der Waals surface area contributed by atoms with Crippen molar-refractivity contribution in [3.05, 3.63) is 0 Å². The van der Waals surface area contributed by atoms with E-state index in [1.807, 2.05) is 20.8 Å². The molecule has 2 N–H and O–H groups in total. The number of hydrogen-bond donors (Lipinski definition) is 2. The van der Waals surface area contributed by atoms with Crippen molar-refractivity contribution in [1.29, 1.82) is 0 Å². The van der Waals surface area contributed by atoms with Crippen LogP contribution in [0, 0.1) is 0 Å². The summed E-state index contributed by atoms with van der Waals surface area (Å²) in [4.78, 5) is 24.0. The third-order valence-corrected chi connectivity index (χ3v) is 3.53. The van der Waals surface area contributed by atoms with Crippen LogP contribution in [0.2, 0.25) is 0 Å². The zero-order chi connectivity index (χ0) is 17.0. The van der Waals surface area contributed by atoms with E-state index in [0.717, 1.165) is 19.3 Å². The lowest BCUT2D eigenvalue weighted by molar-refractivity contribution is -0.156. The first-order valence-corrected chi connectivity index (χ1v) is 7.86. The molecule has 2 amide bonds. The van der Waals surface area contributed by atoms with Crippen molar-refractivity contribution in [2.45, 2.75) is 83.6 Å². The van der Waals surface area contributed by atoms with Crippen LogP contribution in [0.4, 0.5) is 4.79 Å². The minimum Gasteiger partial charge on any atom is -0.460 e. The fourth-order valence-corrected chi connectivity index (χ4v) is 2.67. The monoisotopic (exact) mass is 314 g/mol. The molecule has 2 atom stereocenters. The van der Waals surface area contributed by atoms with E-state index in [-0.39, 0.29) is 30.6 Å². The second kappa shape index (κ2) is 7.31. The van der Waals surface area contributed by atoms with Gasteiger partial charge in [-0.2, -0.15) is 0 Å². The van der Waals surface area contributed by atoms with Crippen LogP contribution < -0.4 is 10.6 Å². The Hall–Kier alpha value is -1.30. The molecule has 6 heteroatoms. The molecular weight excluding hydrogens is 284 g/mol. The molecule has 0 aromatic carbocycles. The van der Waals surface area contributed by atoms with Crippen LogP contribution in [0.15, 0.2) is 0 Å². The molecule has 0 radical (unpaired) electrons. The third-order valence-electron chi connectivity index (χ3n) is 3.53. The molecule has 1 aliphatic carbocycles. The molecule has 1 rings (SSSR count). The van der Waals surface area contributed by atoms with Gasteiger partial charge in [-0.25, -0.2) is 4.79 Å². The molecule has 0 spiro atoms. The van der Waals surface area contributed by atoms with Gasteiger partial charge >= 0.3 is 12.0 Å².